The Morgan fingerprint density at radius 2 is 2.06 bits per heavy atom. The maximum atomic E-state index is 12.8. The molecule has 5 rings (SSSR count). The number of hydrogen-bond acceptors (Lipinski definition) is 8. The maximum absolute atomic E-state index is 12.8. The summed E-state index contributed by atoms with van der Waals surface area (Å²) in [4.78, 5) is 29.5. The molecule has 190 valence electrons. The third kappa shape index (κ3) is 5.23. The molecule has 3 heterocycles. The molecule has 1 aliphatic carbocycles. The molecule has 2 aromatic heterocycles. The average Bonchev–Trinajstić information content (AvgIpc) is 3.19. The lowest BCUT2D eigenvalue weighted by Gasteiger charge is -2.20. The number of benzene rings is 1. The number of halogens is 3. The predicted molar refractivity (Wildman–Crippen MR) is 113 cm³/mol. The molecule has 2 amide bonds. The van der Waals surface area contributed by atoms with Gasteiger partial charge in [-0.2, -0.15) is 5.10 Å². The van der Waals surface area contributed by atoms with Gasteiger partial charge in [-0.15, -0.1) is 23.4 Å². The summed E-state index contributed by atoms with van der Waals surface area (Å²) in [5.74, 6) is -1.52. The van der Waals surface area contributed by atoms with Crippen molar-refractivity contribution in [3.05, 3.63) is 42.3 Å². The molecule has 2 fully saturated rings. The van der Waals surface area contributed by atoms with E-state index in [9.17, 15) is 27.9 Å². The fraction of sp³-hybridized carbons (Fsp3) is 0.429. The van der Waals surface area contributed by atoms with E-state index in [0.717, 1.165) is 24.5 Å². The molecular weight excluding hydrogens is 487 g/mol. The molecule has 12 nitrogen and oxygen atoms in total. The summed E-state index contributed by atoms with van der Waals surface area (Å²) < 4.78 is 49.1. The van der Waals surface area contributed by atoms with Crippen molar-refractivity contribution in [2.45, 2.75) is 50.2 Å². The van der Waals surface area contributed by atoms with E-state index < -0.39 is 42.1 Å². The van der Waals surface area contributed by atoms with Crippen LogP contribution < -0.4 is 10.1 Å². The Morgan fingerprint density at radius 1 is 1.25 bits per heavy atom. The van der Waals surface area contributed by atoms with Crippen LogP contribution in [0.25, 0.3) is 11.5 Å². The highest BCUT2D eigenvalue weighted by molar-refractivity contribution is 5.90. The normalized spacial score (nSPS) is 19.9. The van der Waals surface area contributed by atoms with Crippen LogP contribution in [0.1, 0.15) is 41.4 Å². The highest BCUT2D eigenvalue weighted by atomic mass is 19.4. The van der Waals surface area contributed by atoms with Crippen molar-refractivity contribution in [2.24, 2.45) is 0 Å². The van der Waals surface area contributed by atoms with Gasteiger partial charge in [0.1, 0.15) is 18.4 Å². The second-order valence-corrected chi connectivity index (χ2v) is 8.60. The Hall–Kier alpha value is -4.17. The number of rotatable bonds is 7. The summed E-state index contributed by atoms with van der Waals surface area (Å²) in [5.41, 5.74) is 0.987. The molecule has 0 spiro atoms. The van der Waals surface area contributed by atoms with Gasteiger partial charge < -0.3 is 24.5 Å². The zero-order chi connectivity index (χ0) is 25.4. The first-order chi connectivity index (χ1) is 17.2. The number of hydrogen-bond donors (Lipinski definition) is 2. The van der Waals surface area contributed by atoms with E-state index in [1.807, 2.05) is 0 Å². The highest BCUT2D eigenvalue weighted by Gasteiger charge is 2.37. The SMILES string of the molecule is O=C(N[C@@H]1C[C@@H](Cn2cncn2)N(C(=O)O)C1)c1nnc(-c2cc(OC(F)(F)F)ccc2C2CC2)o1. The van der Waals surface area contributed by atoms with Crippen LogP contribution in [0.15, 0.2) is 35.3 Å². The number of ether oxygens (including phenoxy) is 1. The van der Waals surface area contributed by atoms with Crippen molar-refractivity contribution < 1.29 is 37.0 Å². The summed E-state index contributed by atoms with van der Waals surface area (Å²) >= 11 is 0. The lowest BCUT2D eigenvalue weighted by atomic mass is 10.0. The summed E-state index contributed by atoms with van der Waals surface area (Å²) in [6.07, 6.45) is -1.14. The van der Waals surface area contributed by atoms with E-state index in [1.165, 1.54) is 34.4 Å². The van der Waals surface area contributed by atoms with Crippen molar-refractivity contribution in [2.75, 3.05) is 6.54 Å². The lowest BCUT2D eigenvalue weighted by molar-refractivity contribution is -0.274. The largest absolute Gasteiger partial charge is 0.573 e. The van der Waals surface area contributed by atoms with E-state index >= 15 is 0 Å². The van der Waals surface area contributed by atoms with Gasteiger partial charge in [0.05, 0.1) is 12.6 Å². The van der Waals surface area contributed by atoms with Gasteiger partial charge in [-0.05, 0) is 42.9 Å². The molecule has 0 bridgehead atoms. The van der Waals surface area contributed by atoms with E-state index in [1.54, 1.807) is 0 Å². The smallest absolute Gasteiger partial charge is 0.465 e. The molecule has 36 heavy (non-hydrogen) atoms. The third-order valence-corrected chi connectivity index (χ3v) is 5.98. The Labute approximate surface area is 201 Å². The first-order valence-electron chi connectivity index (χ1n) is 11.0. The molecule has 15 heteroatoms. The third-order valence-electron chi connectivity index (χ3n) is 5.98. The first kappa shape index (κ1) is 23.6. The van der Waals surface area contributed by atoms with Crippen molar-refractivity contribution >= 4 is 12.0 Å². The quantitative estimate of drug-likeness (QED) is 0.492. The molecule has 3 aromatic rings. The summed E-state index contributed by atoms with van der Waals surface area (Å²) in [6, 6.07) is 2.94. The summed E-state index contributed by atoms with van der Waals surface area (Å²) in [7, 11) is 0. The predicted octanol–water partition coefficient (Wildman–Crippen LogP) is 2.66. The number of aromatic nitrogens is 5. The number of carbonyl (C=O) groups excluding carboxylic acids is 1. The minimum Gasteiger partial charge on any atom is -0.465 e. The van der Waals surface area contributed by atoms with Crippen LogP contribution >= 0.6 is 0 Å². The Bertz CT molecular complexity index is 1260. The van der Waals surface area contributed by atoms with Crippen molar-refractivity contribution in [1.82, 2.24) is 35.2 Å². The van der Waals surface area contributed by atoms with Crippen LogP contribution in [0.2, 0.25) is 0 Å². The number of likely N-dealkylation sites (tertiary alicyclic amines) is 1. The van der Waals surface area contributed by atoms with Crippen LogP contribution in [-0.4, -0.2) is 72.0 Å². The zero-order valence-corrected chi connectivity index (χ0v) is 18.6. The molecule has 2 aliphatic rings. The van der Waals surface area contributed by atoms with E-state index in [2.05, 4.69) is 30.3 Å². The summed E-state index contributed by atoms with van der Waals surface area (Å²) in [5, 5.41) is 23.8. The molecule has 2 N–H and O–H groups in total. The molecule has 0 radical (unpaired) electrons. The fourth-order valence-electron chi connectivity index (χ4n) is 4.31. The van der Waals surface area contributed by atoms with Crippen molar-refractivity contribution in [3.63, 3.8) is 0 Å². The van der Waals surface area contributed by atoms with Crippen molar-refractivity contribution in [1.29, 1.82) is 0 Å². The van der Waals surface area contributed by atoms with Gasteiger partial charge in [-0.25, -0.2) is 9.78 Å². The molecular formula is C21H20F3N7O5. The molecule has 1 aliphatic heterocycles. The second-order valence-electron chi connectivity index (χ2n) is 8.60. The van der Waals surface area contributed by atoms with Gasteiger partial charge in [-0.3, -0.25) is 9.48 Å². The molecule has 0 unspecified atom stereocenters. The topological polar surface area (TPSA) is 148 Å². The minimum absolute atomic E-state index is 0.0457. The number of nitrogens with zero attached hydrogens (tertiary/aromatic N) is 6. The number of carbonyl (C=O) groups is 2. The highest BCUT2D eigenvalue weighted by Crippen LogP contribution is 2.45. The fourth-order valence-corrected chi connectivity index (χ4v) is 4.31. The van der Waals surface area contributed by atoms with E-state index in [-0.39, 0.29) is 30.5 Å². The second kappa shape index (κ2) is 9.13. The standard InChI is InChI=1S/C21H20F3N7O5/c22-21(23,24)36-14-3-4-15(11-1-2-11)16(6-14)18-28-29-19(35-18)17(32)27-12-5-13(31(7-12)20(33)34)8-30-10-25-9-26-30/h3-4,6,9-13H,1-2,5,7-8H2,(H,27,32)(H,33,34)/t12-,13+/m1/s1. The van der Waals surface area contributed by atoms with Gasteiger partial charge in [0, 0.05) is 18.2 Å². The monoisotopic (exact) mass is 507 g/mol. The first-order valence-corrected chi connectivity index (χ1v) is 11.0. The Morgan fingerprint density at radius 3 is 2.72 bits per heavy atom. The number of nitrogens with one attached hydrogen (secondary N) is 1. The number of amides is 2. The molecule has 1 saturated heterocycles. The Balaban J connectivity index is 1.30. The average molecular weight is 507 g/mol. The number of alkyl halides is 3. The maximum Gasteiger partial charge on any atom is 0.573 e. The van der Waals surface area contributed by atoms with Crippen LogP contribution in [0, 0.1) is 0 Å². The van der Waals surface area contributed by atoms with Crippen molar-refractivity contribution in [3.8, 4) is 17.2 Å². The van der Waals surface area contributed by atoms with Crippen LogP contribution in [-0.2, 0) is 6.54 Å². The van der Waals surface area contributed by atoms with E-state index in [0.29, 0.717) is 6.42 Å². The zero-order valence-electron chi connectivity index (χ0n) is 18.6. The summed E-state index contributed by atoms with van der Waals surface area (Å²) in [6.45, 7) is 0.313. The minimum atomic E-state index is -4.87. The van der Waals surface area contributed by atoms with Gasteiger partial charge >= 0.3 is 24.3 Å². The molecule has 1 aromatic carbocycles. The van der Waals surface area contributed by atoms with Crippen LogP contribution in [0.5, 0.6) is 5.75 Å². The van der Waals surface area contributed by atoms with Gasteiger partial charge in [0.25, 0.3) is 0 Å². The van der Waals surface area contributed by atoms with Gasteiger partial charge in [-0.1, -0.05) is 6.07 Å². The lowest BCUT2D eigenvalue weighted by Crippen LogP contribution is -2.39. The van der Waals surface area contributed by atoms with Crippen LogP contribution in [0.4, 0.5) is 18.0 Å². The Kier molecular flexibility index (Phi) is 5.97. The van der Waals surface area contributed by atoms with Gasteiger partial charge in [0.2, 0.25) is 5.89 Å². The number of carboxylic acid groups (broad SMARTS) is 1. The van der Waals surface area contributed by atoms with E-state index in [4.69, 9.17) is 4.42 Å². The van der Waals surface area contributed by atoms with Gasteiger partial charge in [0.15, 0.2) is 0 Å². The van der Waals surface area contributed by atoms with Crippen LogP contribution in [0.3, 0.4) is 0 Å². The molecule has 1 saturated carbocycles. The molecule has 2 atom stereocenters.